The summed E-state index contributed by atoms with van der Waals surface area (Å²) in [4.78, 5) is 12.4. The molecule has 1 aliphatic heterocycles. The van der Waals surface area contributed by atoms with Gasteiger partial charge in [0.25, 0.3) is 0 Å². The molecular formula is C20H25N3O2. The van der Waals surface area contributed by atoms with Crippen molar-refractivity contribution in [1.82, 2.24) is 10.6 Å². The molecule has 0 bridgehead atoms. The molecule has 1 saturated heterocycles. The maximum atomic E-state index is 12.4. The van der Waals surface area contributed by atoms with Gasteiger partial charge in [-0.2, -0.15) is 0 Å². The van der Waals surface area contributed by atoms with Gasteiger partial charge in [-0.1, -0.05) is 42.5 Å². The second kappa shape index (κ2) is 8.03. The molecule has 0 aliphatic carbocycles. The molecule has 1 unspecified atom stereocenters. The smallest absolute Gasteiger partial charge is 0.319 e. The predicted molar refractivity (Wildman–Crippen MR) is 100 cm³/mol. The normalized spacial score (nSPS) is 19.9. The van der Waals surface area contributed by atoms with E-state index in [2.05, 4.69) is 40.2 Å². The fourth-order valence-electron chi connectivity index (χ4n) is 3.42. The number of para-hydroxylation sites is 2. The molecule has 0 aromatic heterocycles. The molecule has 1 aliphatic rings. The molecule has 0 spiro atoms. The van der Waals surface area contributed by atoms with Crippen molar-refractivity contribution in [2.24, 2.45) is 0 Å². The number of benzene rings is 2. The van der Waals surface area contributed by atoms with E-state index in [1.807, 2.05) is 30.3 Å². The Bertz CT molecular complexity index is 697. The van der Waals surface area contributed by atoms with Crippen LogP contribution in [0.15, 0.2) is 54.6 Å². The van der Waals surface area contributed by atoms with Crippen molar-refractivity contribution in [3.05, 3.63) is 60.2 Å². The Morgan fingerprint density at radius 2 is 1.92 bits per heavy atom. The Labute approximate surface area is 148 Å². The molecule has 5 nitrogen and oxygen atoms in total. The van der Waals surface area contributed by atoms with Crippen LogP contribution in [0.4, 0.5) is 10.5 Å². The highest BCUT2D eigenvalue weighted by molar-refractivity contribution is 5.90. The number of rotatable bonds is 5. The maximum absolute atomic E-state index is 12.4. The lowest BCUT2D eigenvalue weighted by Gasteiger charge is -2.38. The number of nitrogens with one attached hydrogen (secondary N) is 3. The zero-order valence-corrected chi connectivity index (χ0v) is 14.5. The van der Waals surface area contributed by atoms with E-state index in [0.29, 0.717) is 18.0 Å². The minimum Gasteiger partial charge on any atom is -0.495 e. The summed E-state index contributed by atoms with van der Waals surface area (Å²) < 4.78 is 5.28. The van der Waals surface area contributed by atoms with Gasteiger partial charge in [0.1, 0.15) is 5.75 Å². The molecule has 132 valence electrons. The molecule has 1 atom stereocenters. The van der Waals surface area contributed by atoms with E-state index < -0.39 is 0 Å². The molecule has 0 radical (unpaired) electrons. The first-order valence-electron chi connectivity index (χ1n) is 8.68. The van der Waals surface area contributed by atoms with Crippen LogP contribution < -0.4 is 20.7 Å². The second-order valence-corrected chi connectivity index (χ2v) is 6.43. The number of piperidine rings is 1. The molecule has 1 fully saturated rings. The first-order valence-corrected chi connectivity index (χ1v) is 8.68. The lowest BCUT2D eigenvalue weighted by molar-refractivity contribution is 0.243. The van der Waals surface area contributed by atoms with Crippen LogP contribution in [-0.4, -0.2) is 32.8 Å². The van der Waals surface area contributed by atoms with Crippen LogP contribution >= 0.6 is 0 Å². The Morgan fingerprint density at radius 1 is 1.16 bits per heavy atom. The minimum atomic E-state index is -0.217. The Morgan fingerprint density at radius 3 is 2.64 bits per heavy atom. The summed E-state index contributed by atoms with van der Waals surface area (Å²) in [6, 6.07) is 17.6. The van der Waals surface area contributed by atoms with E-state index in [4.69, 9.17) is 4.74 Å². The number of methoxy groups -OCH3 is 1. The molecule has 3 N–H and O–H groups in total. The zero-order chi connectivity index (χ0) is 17.5. The van der Waals surface area contributed by atoms with Gasteiger partial charge < -0.3 is 20.7 Å². The van der Waals surface area contributed by atoms with Crippen molar-refractivity contribution in [2.75, 3.05) is 32.1 Å². The predicted octanol–water partition coefficient (Wildman–Crippen LogP) is 3.14. The van der Waals surface area contributed by atoms with Gasteiger partial charge in [0.15, 0.2) is 0 Å². The summed E-state index contributed by atoms with van der Waals surface area (Å²) in [6.07, 6.45) is 2.16. The molecule has 2 aromatic rings. The Balaban J connectivity index is 1.68. The molecule has 0 saturated carbocycles. The number of amides is 2. The van der Waals surface area contributed by atoms with Gasteiger partial charge >= 0.3 is 6.03 Å². The average Bonchev–Trinajstić information content (AvgIpc) is 2.68. The largest absolute Gasteiger partial charge is 0.495 e. The molecular weight excluding hydrogens is 314 g/mol. The van der Waals surface area contributed by atoms with Crippen LogP contribution in [0.2, 0.25) is 0 Å². The average molecular weight is 339 g/mol. The summed E-state index contributed by atoms with van der Waals surface area (Å²) in [7, 11) is 1.59. The minimum absolute atomic E-state index is 0.0718. The van der Waals surface area contributed by atoms with Crippen LogP contribution in [-0.2, 0) is 5.41 Å². The van der Waals surface area contributed by atoms with Crippen LogP contribution in [0.25, 0.3) is 0 Å². The molecule has 2 aromatic carbocycles. The lowest BCUT2D eigenvalue weighted by atomic mass is 9.74. The fourth-order valence-corrected chi connectivity index (χ4v) is 3.42. The molecule has 3 rings (SSSR count). The first-order chi connectivity index (χ1) is 12.2. The van der Waals surface area contributed by atoms with E-state index in [9.17, 15) is 4.79 Å². The van der Waals surface area contributed by atoms with E-state index in [-0.39, 0.29) is 11.4 Å². The summed E-state index contributed by atoms with van der Waals surface area (Å²) in [5, 5.41) is 9.39. The summed E-state index contributed by atoms with van der Waals surface area (Å²) in [6.45, 7) is 2.49. The molecule has 2 amide bonds. The summed E-state index contributed by atoms with van der Waals surface area (Å²) in [5.74, 6) is 0.648. The van der Waals surface area contributed by atoms with E-state index >= 15 is 0 Å². The zero-order valence-electron chi connectivity index (χ0n) is 14.5. The van der Waals surface area contributed by atoms with E-state index in [0.717, 1.165) is 25.9 Å². The third-order valence-corrected chi connectivity index (χ3v) is 4.80. The number of hydrogen-bond acceptors (Lipinski definition) is 3. The number of urea groups is 1. The maximum Gasteiger partial charge on any atom is 0.319 e. The van der Waals surface area contributed by atoms with Crippen LogP contribution in [0.1, 0.15) is 18.4 Å². The van der Waals surface area contributed by atoms with Crippen LogP contribution in [0, 0.1) is 0 Å². The Kier molecular flexibility index (Phi) is 5.56. The van der Waals surface area contributed by atoms with E-state index in [1.165, 1.54) is 5.56 Å². The fraction of sp³-hybridized carbons (Fsp3) is 0.350. The highest BCUT2D eigenvalue weighted by Crippen LogP contribution is 2.30. The third-order valence-electron chi connectivity index (χ3n) is 4.80. The second-order valence-electron chi connectivity index (χ2n) is 6.43. The number of anilines is 1. The number of ether oxygens (including phenoxy) is 1. The molecule has 5 heteroatoms. The van der Waals surface area contributed by atoms with E-state index in [1.54, 1.807) is 7.11 Å². The van der Waals surface area contributed by atoms with Gasteiger partial charge in [0.05, 0.1) is 12.8 Å². The standard InChI is InChI=1S/C20H25N3O2/c1-25-18-11-6-5-10-17(18)23-19(24)22-15-20(12-7-13-21-14-20)16-8-3-2-4-9-16/h2-6,8-11,21H,7,12-15H2,1H3,(H2,22,23,24). The third kappa shape index (κ3) is 4.12. The van der Waals surface area contributed by atoms with Gasteiger partial charge in [-0.15, -0.1) is 0 Å². The van der Waals surface area contributed by atoms with Gasteiger partial charge in [0, 0.05) is 18.5 Å². The lowest BCUT2D eigenvalue weighted by Crippen LogP contribution is -2.51. The first kappa shape index (κ1) is 17.3. The number of carbonyl (C=O) groups excluding carboxylic acids is 1. The quantitative estimate of drug-likeness (QED) is 0.784. The van der Waals surface area contributed by atoms with Crippen LogP contribution in [0.3, 0.4) is 0 Å². The van der Waals surface area contributed by atoms with Crippen molar-refractivity contribution in [2.45, 2.75) is 18.3 Å². The Hall–Kier alpha value is -2.53. The van der Waals surface area contributed by atoms with Gasteiger partial charge in [-0.3, -0.25) is 0 Å². The molecule has 1 heterocycles. The summed E-state index contributed by atoms with van der Waals surface area (Å²) >= 11 is 0. The van der Waals surface area contributed by atoms with Crippen molar-refractivity contribution in [3.8, 4) is 5.75 Å². The number of hydrogen-bond donors (Lipinski definition) is 3. The van der Waals surface area contributed by atoms with Crippen molar-refractivity contribution in [1.29, 1.82) is 0 Å². The van der Waals surface area contributed by atoms with Crippen LogP contribution in [0.5, 0.6) is 5.75 Å². The molecule has 25 heavy (non-hydrogen) atoms. The van der Waals surface area contributed by atoms with Crippen molar-refractivity contribution >= 4 is 11.7 Å². The van der Waals surface area contributed by atoms with Crippen molar-refractivity contribution in [3.63, 3.8) is 0 Å². The number of carbonyl (C=O) groups is 1. The highest BCUT2D eigenvalue weighted by atomic mass is 16.5. The topological polar surface area (TPSA) is 62.4 Å². The summed E-state index contributed by atoms with van der Waals surface area (Å²) in [5.41, 5.74) is 1.86. The highest BCUT2D eigenvalue weighted by Gasteiger charge is 2.34. The van der Waals surface area contributed by atoms with Crippen molar-refractivity contribution < 1.29 is 9.53 Å². The monoisotopic (exact) mass is 339 g/mol. The van der Waals surface area contributed by atoms with Gasteiger partial charge in [0.2, 0.25) is 0 Å². The SMILES string of the molecule is COc1ccccc1NC(=O)NCC1(c2ccccc2)CCCNC1. The van der Waals surface area contributed by atoms with Gasteiger partial charge in [-0.25, -0.2) is 4.79 Å². The van der Waals surface area contributed by atoms with Gasteiger partial charge in [-0.05, 0) is 37.1 Å².